The van der Waals surface area contributed by atoms with Gasteiger partial charge in [-0.1, -0.05) is 19.3 Å². The zero-order chi connectivity index (χ0) is 10.8. The number of nitrogens with zero attached hydrogens (tertiary/aromatic N) is 1. The highest BCUT2D eigenvalue weighted by Crippen LogP contribution is 2.43. The lowest BCUT2D eigenvalue weighted by molar-refractivity contribution is -0.119. The van der Waals surface area contributed by atoms with Gasteiger partial charge in [0.25, 0.3) is 0 Å². The van der Waals surface area contributed by atoms with E-state index in [0.29, 0.717) is 6.04 Å². The van der Waals surface area contributed by atoms with Crippen LogP contribution in [-0.4, -0.2) is 23.1 Å². The van der Waals surface area contributed by atoms with Gasteiger partial charge in [0.05, 0.1) is 18.2 Å². The molecule has 88 valence electrons. The van der Waals surface area contributed by atoms with E-state index in [2.05, 4.69) is 15.1 Å². The van der Waals surface area contributed by atoms with Crippen LogP contribution < -0.4 is 5.32 Å². The highest BCUT2D eigenvalue weighted by atomic mass is 32.1. The molecule has 1 aromatic heterocycles. The molecule has 2 fully saturated rings. The van der Waals surface area contributed by atoms with Gasteiger partial charge in [0.2, 0.25) is 0 Å². The van der Waals surface area contributed by atoms with Gasteiger partial charge >= 0.3 is 0 Å². The molecule has 0 radical (unpaired) electrons. The summed E-state index contributed by atoms with van der Waals surface area (Å²) in [5, 5.41) is 5.78. The lowest BCUT2D eigenvalue weighted by Crippen LogP contribution is -2.53. The largest absolute Gasteiger partial charge is 0.372 e. The van der Waals surface area contributed by atoms with Crippen LogP contribution in [0.4, 0.5) is 0 Å². The van der Waals surface area contributed by atoms with Crippen LogP contribution in [0.25, 0.3) is 0 Å². The summed E-state index contributed by atoms with van der Waals surface area (Å²) in [6.07, 6.45) is 8.35. The fourth-order valence-electron chi connectivity index (χ4n) is 3.09. The maximum atomic E-state index is 6.16. The molecule has 2 aliphatic rings. The standard InChI is InChI=1S/C12H18N2OS/c1-2-4-12(5-3-1)11(13-6-7-15-12)10-8-14-16-9-10/h8-9,11,13H,1-7H2. The molecule has 1 saturated heterocycles. The van der Waals surface area contributed by atoms with Crippen molar-refractivity contribution in [3.05, 3.63) is 17.1 Å². The SMILES string of the molecule is c1nscc1C1NCCOC12CCCCC2. The number of nitrogens with one attached hydrogen (secondary N) is 1. The normalized spacial score (nSPS) is 29.4. The minimum Gasteiger partial charge on any atom is -0.372 e. The molecule has 1 saturated carbocycles. The maximum Gasteiger partial charge on any atom is 0.0877 e. The Morgan fingerprint density at radius 2 is 2.25 bits per heavy atom. The Balaban J connectivity index is 1.88. The number of hydrogen-bond donors (Lipinski definition) is 1. The van der Waals surface area contributed by atoms with Crippen LogP contribution in [0, 0.1) is 0 Å². The number of aromatic nitrogens is 1. The monoisotopic (exact) mass is 238 g/mol. The summed E-state index contributed by atoms with van der Waals surface area (Å²) in [5.74, 6) is 0. The molecule has 1 aliphatic heterocycles. The number of hydrogen-bond acceptors (Lipinski definition) is 4. The Morgan fingerprint density at radius 3 is 3.00 bits per heavy atom. The molecule has 2 heterocycles. The third-order valence-corrected chi connectivity index (χ3v) is 4.46. The van der Waals surface area contributed by atoms with Crippen molar-refractivity contribution in [1.82, 2.24) is 9.69 Å². The summed E-state index contributed by atoms with van der Waals surface area (Å²) in [7, 11) is 0. The summed E-state index contributed by atoms with van der Waals surface area (Å²) >= 11 is 1.54. The lowest BCUT2D eigenvalue weighted by atomic mass is 9.76. The van der Waals surface area contributed by atoms with E-state index in [1.165, 1.54) is 49.2 Å². The first-order valence-electron chi connectivity index (χ1n) is 6.17. The third-order valence-electron chi connectivity index (χ3n) is 3.85. The van der Waals surface area contributed by atoms with Crippen molar-refractivity contribution in [2.24, 2.45) is 0 Å². The predicted octanol–water partition coefficient (Wildman–Crippen LogP) is 2.51. The summed E-state index contributed by atoms with van der Waals surface area (Å²) in [5.41, 5.74) is 1.37. The van der Waals surface area contributed by atoms with Crippen LogP contribution in [0.15, 0.2) is 11.6 Å². The van der Waals surface area contributed by atoms with Gasteiger partial charge in [-0.3, -0.25) is 0 Å². The Bertz CT molecular complexity index is 325. The van der Waals surface area contributed by atoms with E-state index in [4.69, 9.17) is 4.74 Å². The summed E-state index contributed by atoms with van der Waals surface area (Å²) in [6, 6.07) is 0.361. The minimum absolute atomic E-state index is 0.0548. The Kier molecular flexibility index (Phi) is 2.96. The van der Waals surface area contributed by atoms with Crippen molar-refractivity contribution in [3.8, 4) is 0 Å². The molecule has 0 amide bonds. The Labute approximate surface area is 100 Å². The van der Waals surface area contributed by atoms with Gasteiger partial charge in [-0.05, 0) is 24.4 Å². The van der Waals surface area contributed by atoms with Crippen molar-refractivity contribution in [3.63, 3.8) is 0 Å². The van der Waals surface area contributed by atoms with Crippen molar-refractivity contribution in [2.75, 3.05) is 13.2 Å². The number of rotatable bonds is 1. The van der Waals surface area contributed by atoms with Gasteiger partial charge in [-0.15, -0.1) is 0 Å². The number of ether oxygens (including phenoxy) is 1. The van der Waals surface area contributed by atoms with Crippen LogP contribution in [0.1, 0.15) is 43.7 Å². The smallest absolute Gasteiger partial charge is 0.0877 e. The molecule has 0 aromatic carbocycles. The van der Waals surface area contributed by atoms with E-state index in [1.807, 2.05) is 6.20 Å². The second-order valence-electron chi connectivity index (χ2n) is 4.82. The van der Waals surface area contributed by atoms with Gasteiger partial charge in [-0.25, -0.2) is 4.37 Å². The molecular weight excluding hydrogens is 220 g/mol. The van der Waals surface area contributed by atoms with E-state index >= 15 is 0 Å². The van der Waals surface area contributed by atoms with Gasteiger partial charge in [0.1, 0.15) is 0 Å². The van der Waals surface area contributed by atoms with Crippen LogP contribution in [0.2, 0.25) is 0 Å². The molecule has 1 spiro atoms. The van der Waals surface area contributed by atoms with Crippen LogP contribution >= 0.6 is 11.5 Å². The quantitative estimate of drug-likeness (QED) is 0.816. The zero-order valence-electron chi connectivity index (χ0n) is 9.45. The molecule has 1 N–H and O–H groups in total. The van der Waals surface area contributed by atoms with E-state index in [0.717, 1.165) is 13.2 Å². The zero-order valence-corrected chi connectivity index (χ0v) is 10.3. The lowest BCUT2D eigenvalue weighted by Gasteiger charge is -2.46. The molecular formula is C12H18N2OS. The van der Waals surface area contributed by atoms with Gasteiger partial charge in [0, 0.05) is 23.7 Å². The molecule has 1 aromatic rings. The highest BCUT2D eigenvalue weighted by Gasteiger charge is 2.43. The van der Waals surface area contributed by atoms with Crippen LogP contribution in [0.3, 0.4) is 0 Å². The second-order valence-corrected chi connectivity index (χ2v) is 5.48. The average molecular weight is 238 g/mol. The Morgan fingerprint density at radius 1 is 1.38 bits per heavy atom. The first-order chi connectivity index (χ1) is 7.91. The molecule has 3 nitrogen and oxygen atoms in total. The molecule has 1 atom stereocenters. The molecule has 1 unspecified atom stereocenters. The van der Waals surface area contributed by atoms with Gasteiger partial charge in [0.15, 0.2) is 0 Å². The summed E-state index contributed by atoms with van der Waals surface area (Å²) in [6.45, 7) is 1.82. The third kappa shape index (κ3) is 1.79. The fraction of sp³-hybridized carbons (Fsp3) is 0.750. The van der Waals surface area contributed by atoms with Crippen molar-refractivity contribution < 1.29 is 4.74 Å². The first kappa shape index (κ1) is 10.7. The molecule has 3 rings (SSSR count). The first-order valence-corrected chi connectivity index (χ1v) is 7.01. The highest BCUT2D eigenvalue weighted by molar-refractivity contribution is 7.03. The van der Waals surface area contributed by atoms with Crippen LogP contribution in [0.5, 0.6) is 0 Å². The van der Waals surface area contributed by atoms with E-state index in [-0.39, 0.29) is 5.60 Å². The number of morpholine rings is 1. The van der Waals surface area contributed by atoms with Crippen LogP contribution in [-0.2, 0) is 4.74 Å². The van der Waals surface area contributed by atoms with Crippen molar-refractivity contribution in [2.45, 2.75) is 43.7 Å². The fourth-order valence-corrected chi connectivity index (χ4v) is 3.65. The van der Waals surface area contributed by atoms with E-state index in [9.17, 15) is 0 Å². The topological polar surface area (TPSA) is 34.2 Å². The maximum absolute atomic E-state index is 6.16. The van der Waals surface area contributed by atoms with Gasteiger partial charge < -0.3 is 10.1 Å². The summed E-state index contributed by atoms with van der Waals surface area (Å²) < 4.78 is 10.4. The molecule has 1 aliphatic carbocycles. The van der Waals surface area contributed by atoms with Gasteiger partial charge in [-0.2, -0.15) is 0 Å². The van der Waals surface area contributed by atoms with Crippen molar-refractivity contribution >= 4 is 11.5 Å². The van der Waals surface area contributed by atoms with E-state index in [1.54, 1.807) is 0 Å². The predicted molar refractivity (Wildman–Crippen MR) is 64.6 cm³/mol. The minimum atomic E-state index is 0.0548. The molecule has 0 bridgehead atoms. The summed E-state index contributed by atoms with van der Waals surface area (Å²) in [4.78, 5) is 0. The molecule has 4 heteroatoms. The molecule has 16 heavy (non-hydrogen) atoms. The Hall–Kier alpha value is -0.450. The second kappa shape index (κ2) is 4.43. The van der Waals surface area contributed by atoms with E-state index < -0.39 is 0 Å². The van der Waals surface area contributed by atoms with Crippen molar-refractivity contribution in [1.29, 1.82) is 0 Å². The average Bonchev–Trinajstić information content (AvgIpc) is 2.84.